The zero-order chi connectivity index (χ0) is 8.27. The van der Waals surface area contributed by atoms with Gasteiger partial charge in [-0.1, -0.05) is 12.1 Å². The van der Waals surface area contributed by atoms with Crippen LogP contribution in [0.4, 0.5) is 0 Å². The smallest absolute Gasteiger partial charge is 0.118 e. The lowest BCUT2D eigenvalue weighted by Crippen LogP contribution is -1.81. The molecule has 0 aliphatic carbocycles. The van der Waals surface area contributed by atoms with E-state index >= 15 is 0 Å². The highest BCUT2D eigenvalue weighted by Gasteiger charge is 1.96. The molecule has 0 radical (unpaired) electrons. The predicted octanol–water partition coefficient (Wildman–Crippen LogP) is 2.56. The van der Waals surface area contributed by atoms with E-state index in [0.29, 0.717) is 5.75 Å². The highest BCUT2D eigenvalue weighted by Crippen LogP contribution is 2.19. The largest absolute Gasteiger partial charge is 0.508 e. The fraction of sp³-hybridized carbons (Fsp3) is 0.333. The zero-order valence-electron chi connectivity index (χ0n) is 6.79. The normalized spacial score (nSPS) is 10.0. The van der Waals surface area contributed by atoms with Crippen molar-refractivity contribution in [3.05, 3.63) is 29.3 Å². The first kappa shape index (κ1) is 8.47. The molecule has 1 N–H and O–H groups in total. The number of aryl methyl sites for hydroxylation is 1. The van der Waals surface area contributed by atoms with Gasteiger partial charge >= 0.3 is 0 Å². The molecule has 1 aromatic carbocycles. The molecule has 0 unspecified atom stereocenters. The minimum atomic E-state index is 0.384. The molecule has 0 saturated carbocycles. The van der Waals surface area contributed by atoms with Gasteiger partial charge in [0.25, 0.3) is 0 Å². The minimum absolute atomic E-state index is 0.384. The quantitative estimate of drug-likeness (QED) is 0.732. The van der Waals surface area contributed by atoms with Crippen molar-refractivity contribution >= 4 is 11.8 Å². The van der Waals surface area contributed by atoms with Crippen LogP contribution in [-0.4, -0.2) is 11.4 Å². The van der Waals surface area contributed by atoms with Gasteiger partial charge < -0.3 is 5.11 Å². The van der Waals surface area contributed by atoms with Crippen LogP contribution >= 0.6 is 11.8 Å². The molecule has 0 fully saturated rings. The second-order valence-corrected chi connectivity index (χ2v) is 3.42. The third-order valence-electron chi connectivity index (χ3n) is 1.57. The van der Waals surface area contributed by atoms with Gasteiger partial charge in [-0.15, -0.1) is 0 Å². The second kappa shape index (κ2) is 3.67. The van der Waals surface area contributed by atoms with Crippen molar-refractivity contribution in [2.24, 2.45) is 0 Å². The molecule has 0 bridgehead atoms. The van der Waals surface area contributed by atoms with Crippen molar-refractivity contribution in [3.63, 3.8) is 0 Å². The van der Waals surface area contributed by atoms with E-state index in [4.69, 9.17) is 0 Å². The predicted molar refractivity (Wildman–Crippen MR) is 50.1 cm³/mol. The minimum Gasteiger partial charge on any atom is -0.508 e. The molecule has 0 aromatic heterocycles. The summed E-state index contributed by atoms with van der Waals surface area (Å²) < 4.78 is 0. The zero-order valence-corrected chi connectivity index (χ0v) is 7.61. The Labute approximate surface area is 71.4 Å². The van der Waals surface area contributed by atoms with Gasteiger partial charge in [0, 0.05) is 5.75 Å². The van der Waals surface area contributed by atoms with Gasteiger partial charge in [0.05, 0.1) is 0 Å². The van der Waals surface area contributed by atoms with E-state index < -0.39 is 0 Å². The first-order valence-electron chi connectivity index (χ1n) is 3.51. The van der Waals surface area contributed by atoms with Crippen LogP contribution in [0.15, 0.2) is 18.2 Å². The molecule has 0 atom stereocenters. The summed E-state index contributed by atoms with van der Waals surface area (Å²) in [6.07, 6.45) is 2.07. The third kappa shape index (κ3) is 2.15. The Kier molecular flexibility index (Phi) is 2.83. The summed E-state index contributed by atoms with van der Waals surface area (Å²) in [5, 5.41) is 9.21. The fourth-order valence-corrected chi connectivity index (χ4v) is 1.49. The van der Waals surface area contributed by atoms with Crippen LogP contribution in [0.5, 0.6) is 5.75 Å². The van der Waals surface area contributed by atoms with Crippen LogP contribution in [0.1, 0.15) is 11.1 Å². The summed E-state index contributed by atoms with van der Waals surface area (Å²) in [6, 6.07) is 5.73. The summed E-state index contributed by atoms with van der Waals surface area (Å²) in [7, 11) is 0. The Bertz CT molecular complexity index is 245. The third-order valence-corrected chi connectivity index (χ3v) is 2.19. The van der Waals surface area contributed by atoms with E-state index in [1.807, 2.05) is 19.1 Å². The van der Waals surface area contributed by atoms with E-state index in [9.17, 15) is 5.11 Å². The molecule has 0 spiro atoms. The van der Waals surface area contributed by atoms with Crippen LogP contribution < -0.4 is 0 Å². The SMILES string of the molecule is CSCc1ccc(O)c(C)c1. The average Bonchev–Trinajstić information content (AvgIpc) is 1.98. The van der Waals surface area contributed by atoms with Crippen LogP contribution in [0.2, 0.25) is 0 Å². The van der Waals surface area contributed by atoms with Crippen molar-refractivity contribution in [1.29, 1.82) is 0 Å². The highest BCUT2D eigenvalue weighted by molar-refractivity contribution is 7.97. The van der Waals surface area contributed by atoms with Crippen LogP contribution in [0, 0.1) is 6.92 Å². The van der Waals surface area contributed by atoms with Gasteiger partial charge in [0.2, 0.25) is 0 Å². The topological polar surface area (TPSA) is 20.2 Å². The molecule has 11 heavy (non-hydrogen) atoms. The molecule has 0 heterocycles. The molecule has 1 nitrogen and oxygen atoms in total. The molecule has 60 valence electrons. The average molecular weight is 168 g/mol. The summed E-state index contributed by atoms with van der Waals surface area (Å²) in [5.74, 6) is 1.40. The number of thioether (sulfide) groups is 1. The van der Waals surface area contributed by atoms with Crippen molar-refractivity contribution in [1.82, 2.24) is 0 Å². The number of hydrogen-bond acceptors (Lipinski definition) is 2. The maximum atomic E-state index is 9.21. The molecule has 0 amide bonds. The van der Waals surface area contributed by atoms with Gasteiger partial charge in [-0.05, 0) is 30.4 Å². The van der Waals surface area contributed by atoms with Crippen LogP contribution in [0.25, 0.3) is 0 Å². The number of hydrogen-bond donors (Lipinski definition) is 1. The Morgan fingerprint density at radius 2 is 2.18 bits per heavy atom. The van der Waals surface area contributed by atoms with E-state index in [2.05, 4.69) is 6.26 Å². The van der Waals surface area contributed by atoms with Gasteiger partial charge in [0.1, 0.15) is 5.75 Å². The lowest BCUT2D eigenvalue weighted by atomic mass is 10.1. The van der Waals surface area contributed by atoms with Gasteiger partial charge in [-0.25, -0.2) is 0 Å². The maximum Gasteiger partial charge on any atom is 0.118 e. The Balaban J connectivity index is 2.86. The van der Waals surface area contributed by atoms with Crippen LogP contribution in [0.3, 0.4) is 0 Å². The van der Waals surface area contributed by atoms with E-state index in [0.717, 1.165) is 11.3 Å². The molecule has 2 heteroatoms. The second-order valence-electron chi connectivity index (χ2n) is 2.55. The number of rotatable bonds is 2. The summed E-state index contributed by atoms with van der Waals surface area (Å²) in [5.41, 5.74) is 2.23. The lowest BCUT2D eigenvalue weighted by Gasteiger charge is -2.01. The molecule has 1 aromatic rings. The molecular weight excluding hydrogens is 156 g/mol. The summed E-state index contributed by atoms with van der Waals surface area (Å²) in [4.78, 5) is 0. The lowest BCUT2D eigenvalue weighted by molar-refractivity contribution is 0.471. The molecule has 1 rings (SSSR count). The van der Waals surface area contributed by atoms with E-state index in [-0.39, 0.29) is 0 Å². The van der Waals surface area contributed by atoms with Crippen molar-refractivity contribution < 1.29 is 5.11 Å². The van der Waals surface area contributed by atoms with Crippen molar-refractivity contribution in [2.75, 3.05) is 6.26 Å². The standard InChI is InChI=1S/C9H12OS/c1-7-5-8(6-11-2)3-4-9(7)10/h3-5,10H,6H2,1-2H3. The summed E-state index contributed by atoms with van der Waals surface area (Å²) >= 11 is 1.79. The maximum absolute atomic E-state index is 9.21. The van der Waals surface area contributed by atoms with Gasteiger partial charge in [0.15, 0.2) is 0 Å². The molecular formula is C9H12OS. The molecule has 0 aliphatic heterocycles. The first-order valence-corrected chi connectivity index (χ1v) is 4.91. The number of phenolic OH excluding ortho intramolecular Hbond substituents is 1. The monoisotopic (exact) mass is 168 g/mol. The van der Waals surface area contributed by atoms with Gasteiger partial charge in [-0.2, -0.15) is 11.8 Å². The number of aromatic hydroxyl groups is 1. The van der Waals surface area contributed by atoms with Crippen LogP contribution in [-0.2, 0) is 5.75 Å². The van der Waals surface area contributed by atoms with E-state index in [1.54, 1.807) is 17.8 Å². The van der Waals surface area contributed by atoms with Crippen molar-refractivity contribution in [3.8, 4) is 5.75 Å². The van der Waals surface area contributed by atoms with Gasteiger partial charge in [-0.3, -0.25) is 0 Å². The Morgan fingerprint density at radius 3 is 2.73 bits per heavy atom. The fourth-order valence-electron chi connectivity index (χ4n) is 0.974. The summed E-state index contributed by atoms with van der Waals surface area (Å²) in [6.45, 7) is 1.92. The molecule has 0 saturated heterocycles. The number of phenols is 1. The van der Waals surface area contributed by atoms with Crippen molar-refractivity contribution in [2.45, 2.75) is 12.7 Å². The first-order chi connectivity index (χ1) is 5.24. The van der Waals surface area contributed by atoms with E-state index in [1.165, 1.54) is 5.56 Å². The Hall–Kier alpha value is -0.630. The number of benzene rings is 1. The highest BCUT2D eigenvalue weighted by atomic mass is 32.2. The Morgan fingerprint density at radius 1 is 1.45 bits per heavy atom. The molecule has 0 aliphatic rings.